The zero-order chi connectivity index (χ0) is 13.8. The van der Waals surface area contributed by atoms with Crippen molar-refractivity contribution in [1.29, 1.82) is 0 Å². The van der Waals surface area contributed by atoms with Crippen LogP contribution in [-0.2, 0) is 14.7 Å². The first-order valence-corrected chi connectivity index (χ1v) is 7.13. The van der Waals surface area contributed by atoms with Gasteiger partial charge in [-0.3, -0.25) is 4.84 Å². The van der Waals surface area contributed by atoms with Crippen molar-refractivity contribution in [1.82, 2.24) is 10.8 Å². The van der Waals surface area contributed by atoms with Gasteiger partial charge in [-0.05, 0) is 24.6 Å². The summed E-state index contributed by atoms with van der Waals surface area (Å²) >= 11 is 0. The van der Waals surface area contributed by atoms with Gasteiger partial charge in [0.2, 0.25) is 0 Å². The highest BCUT2D eigenvalue weighted by Crippen LogP contribution is 2.15. The van der Waals surface area contributed by atoms with Crippen LogP contribution in [0.3, 0.4) is 0 Å². The molecule has 0 heterocycles. The molecule has 7 heteroatoms. The van der Waals surface area contributed by atoms with E-state index in [1.54, 1.807) is 19.1 Å². The van der Waals surface area contributed by atoms with Crippen LogP contribution in [0.1, 0.15) is 18.5 Å². The number of rotatable bonds is 4. The summed E-state index contributed by atoms with van der Waals surface area (Å²) in [6.45, 7) is 1.78. The third-order valence-corrected chi connectivity index (χ3v) is 3.48. The SMILES string of the molecule is CONC(=O)N[C@@H](C)c1ccc(S(C)(=O)=O)cc1. The number of carbonyl (C=O) groups excluding carboxylic acids is 1. The van der Waals surface area contributed by atoms with Crippen LogP contribution < -0.4 is 10.8 Å². The van der Waals surface area contributed by atoms with Crippen LogP contribution in [0.25, 0.3) is 0 Å². The summed E-state index contributed by atoms with van der Waals surface area (Å²) in [4.78, 5) is 15.9. The molecule has 1 aromatic rings. The van der Waals surface area contributed by atoms with Crippen LogP contribution in [0.15, 0.2) is 29.2 Å². The van der Waals surface area contributed by atoms with Crippen LogP contribution in [0.5, 0.6) is 0 Å². The molecule has 1 atom stereocenters. The van der Waals surface area contributed by atoms with E-state index in [1.165, 1.54) is 19.2 Å². The molecule has 0 saturated carbocycles. The molecule has 6 nitrogen and oxygen atoms in total. The fourth-order valence-corrected chi connectivity index (χ4v) is 2.04. The molecule has 18 heavy (non-hydrogen) atoms. The van der Waals surface area contributed by atoms with E-state index in [0.717, 1.165) is 11.8 Å². The number of nitrogens with one attached hydrogen (secondary N) is 2. The lowest BCUT2D eigenvalue weighted by Gasteiger charge is -2.14. The van der Waals surface area contributed by atoms with Crippen molar-refractivity contribution in [2.45, 2.75) is 17.9 Å². The van der Waals surface area contributed by atoms with Crippen molar-refractivity contribution in [3.8, 4) is 0 Å². The van der Waals surface area contributed by atoms with E-state index >= 15 is 0 Å². The van der Waals surface area contributed by atoms with Crippen molar-refractivity contribution >= 4 is 15.9 Å². The Kier molecular flexibility index (Phi) is 4.69. The van der Waals surface area contributed by atoms with Gasteiger partial charge in [-0.2, -0.15) is 0 Å². The molecule has 0 saturated heterocycles. The topological polar surface area (TPSA) is 84.5 Å². The van der Waals surface area contributed by atoms with E-state index in [9.17, 15) is 13.2 Å². The molecule has 1 aromatic carbocycles. The molecule has 0 aliphatic carbocycles. The van der Waals surface area contributed by atoms with Gasteiger partial charge in [0.1, 0.15) is 0 Å². The maximum absolute atomic E-state index is 11.3. The summed E-state index contributed by atoms with van der Waals surface area (Å²) in [5, 5.41) is 2.63. The summed E-state index contributed by atoms with van der Waals surface area (Å²) < 4.78 is 22.6. The Morgan fingerprint density at radius 1 is 1.28 bits per heavy atom. The number of hydroxylamine groups is 1. The molecule has 0 bridgehead atoms. The minimum atomic E-state index is -3.20. The third kappa shape index (κ3) is 4.01. The molecule has 2 amide bonds. The second-order valence-electron chi connectivity index (χ2n) is 3.84. The predicted molar refractivity (Wildman–Crippen MR) is 66.6 cm³/mol. The van der Waals surface area contributed by atoms with Gasteiger partial charge in [-0.15, -0.1) is 0 Å². The molecular formula is C11H16N2O4S. The van der Waals surface area contributed by atoms with Crippen molar-refractivity contribution in [2.24, 2.45) is 0 Å². The van der Waals surface area contributed by atoms with Crippen LogP contribution in [0.4, 0.5) is 4.79 Å². The smallest absolute Gasteiger partial charge is 0.330 e. The first kappa shape index (κ1) is 14.5. The number of hydrogen-bond donors (Lipinski definition) is 2. The van der Waals surface area contributed by atoms with Gasteiger partial charge in [0, 0.05) is 6.26 Å². The Bertz CT molecular complexity index is 510. The summed E-state index contributed by atoms with van der Waals surface area (Å²) in [7, 11) is -1.86. The molecule has 100 valence electrons. The standard InChI is InChI=1S/C11H16N2O4S/c1-8(12-11(14)13-17-2)9-4-6-10(7-5-9)18(3,15)16/h4-8H,1-3H3,(H2,12,13,14)/t8-/m0/s1. The average Bonchev–Trinajstić information content (AvgIpc) is 2.28. The van der Waals surface area contributed by atoms with Gasteiger partial charge in [0.15, 0.2) is 9.84 Å². The highest BCUT2D eigenvalue weighted by atomic mass is 32.2. The molecule has 2 N–H and O–H groups in total. The van der Waals surface area contributed by atoms with Crippen molar-refractivity contribution < 1.29 is 18.0 Å². The fraction of sp³-hybridized carbons (Fsp3) is 0.364. The lowest BCUT2D eigenvalue weighted by molar-refractivity contribution is 0.106. The van der Waals surface area contributed by atoms with Crippen LogP contribution in [-0.4, -0.2) is 27.8 Å². The van der Waals surface area contributed by atoms with Crippen molar-refractivity contribution in [2.75, 3.05) is 13.4 Å². The normalized spacial score (nSPS) is 12.8. The minimum absolute atomic E-state index is 0.250. The number of amides is 2. The molecule has 0 spiro atoms. The number of benzene rings is 1. The molecule has 0 aliphatic rings. The highest BCUT2D eigenvalue weighted by Gasteiger charge is 2.11. The monoisotopic (exact) mass is 272 g/mol. The van der Waals surface area contributed by atoms with Gasteiger partial charge in [-0.25, -0.2) is 18.7 Å². The third-order valence-electron chi connectivity index (χ3n) is 2.35. The quantitative estimate of drug-likeness (QED) is 0.801. The maximum Gasteiger partial charge on any atom is 0.339 e. The van der Waals surface area contributed by atoms with Gasteiger partial charge in [0.05, 0.1) is 18.0 Å². The Morgan fingerprint density at radius 3 is 2.28 bits per heavy atom. The van der Waals surface area contributed by atoms with Gasteiger partial charge < -0.3 is 5.32 Å². The molecule has 0 radical (unpaired) electrons. The van der Waals surface area contributed by atoms with Crippen molar-refractivity contribution in [3.05, 3.63) is 29.8 Å². The van der Waals surface area contributed by atoms with E-state index in [2.05, 4.69) is 15.6 Å². The predicted octanol–water partition coefficient (Wildman–Crippen LogP) is 1.01. The number of hydrogen-bond acceptors (Lipinski definition) is 4. The van der Waals surface area contributed by atoms with E-state index in [4.69, 9.17) is 0 Å². The Hall–Kier alpha value is -1.60. The van der Waals surface area contributed by atoms with E-state index in [0.29, 0.717) is 0 Å². The first-order valence-electron chi connectivity index (χ1n) is 5.24. The Balaban J connectivity index is 2.76. The first-order chi connectivity index (χ1) is 8.34. The van der Waals surface area contributed by atoms with Gasteiger partial charge in [-0.1, -0.05) is 12.1 Å². The summed E-state index contributed by atoms with van der Waals surface area (Å²) in [6, 6.07) is 5.63. The van der Waals surface area contributed by atoms with Crippen LogP contribution in [0.2, 0.25) is 0 Å². The fourth-order valence-electron chi connectivity index (χ4n) is 1.41. The number of carbonyl (C=O) groups is 1. The lowest BCUT2D eigenvalue weighted by Crippen LogP contribution is -2.36. The zero-order valence-corrected chi connectivity index (χ0v) is 11.2. The molecule has 0 fully saturated rings. The highest BCUT2D eigenvalue weighted by molar-refractivity contribution is 7.90. The zero-order valence-electron chi connectivity index (χ0n) is 10.4. The molecule has 0 aromatic heterocycles. The van der Waals surface area contributed by atoms with Crippen LogP contribution in [0, 0.1) is 0 Å². The molecule has 0 unspecified atom stereocenters. The molecular weight excluding hydrogens is 256 g/mol. The average molecular weight is 272 g/mol. The minimum Gasteiger partial charge on any atom is -0.330 e. The number of sulfone groups is 1. The molecule has 0 aliphatic heterocycles. The molecule has 1 rings (SSSR count). The lowest BCUT2D eigenvalue weighted by atomic mass is 10.1. The summed E-state index contributed by atoms with van der Waals surface area (Å²) in [6.07, 6.45) is 1.15. The summed E-state index contributed by atoms with van der Waals surface area (Å²) in [5.41, 5.74) is 2.94. The second kappa shape index (κ2) is 5.83. The van der Waals surface area contributed by atoms with E-state index < -0.39 is 15.9 Å². The van der Waals surface area contributed by atoms with Gasteiger partial charge >= 0.3 is 6.03 Å². The number of urea groups is 1. The van der Waals surface area contributed by atoms with Gasteiger partial charge in [0.25, 0.3) is 0 Å². The van der Waals surface area contributed by atoms with E-state index in [-0.39, 0.29) is 10.9 Å². The largest absolute Gasteiger partial charge is 0.339 e. The Labute approximate surface area is 106 Å². The van der Waals surface area contributed by atoms with E-state index in [1.807, 2.05) is 0 Å². The summed E-state index contributed by atoms with van der Waals surface area (Å²) in [5.74, 6) is 0. The van der Waals surface area contributed by atoms with Crippen LogP contribution >= 0.6 is 0 Å². The Morgan fingerprint density at radius 2 is 1.83 bits per heavy atom. The maximum atomic E-state index is 11.3. The van der Waals surface area contributed by atoms with Crippen molar-refractivity contribution in [3.63, 3.8) is 0 Å². The second-order valence-corrected chi connectivity index (χ2v) is 5.86.